The van der Waals surface area contributed by atoms with Crippen LogP contribution >= 0.6 is 11.6 Å². The molecule has 2 aromatic heterocycles. The van der Waals surface area contributed by atoms with Crippen LogP contribution in [0.4, 0.5) is 0 Å². The van der Waals surface area contributed by atoms with Crippen LogP contribution in [0, 0.1) is 0 Å². The van der Waals surface area contributed by atoms with Gasteiger partial charge in [0.1, 0.15) is 5.15 Å². The van der Waals surface area contributed by atoms with Crippen molar-refractivity contribution in [3.05, 3.63) is 34.0 Å². The molecule has 0 aliphatic carbocycles. The van der Waals surface area contributed by atoms with E-state index in [0.717, 1.165) is 0 Å². The molecule has 0 atom stereocenters. The van der Waals surface area contributed by atoms with Crippen molar-refractivity contribution in [3.8, 4) is 0 Å². The lowest BCUT2D eigenvalue weighted by molar-refractivity contribution is 1.20. The predicted molar refractivity (Wildman–Crippen MR) is 45.2 cm³/mol. The van der Waals surface area contributed by atoms with E-state index in [2.05, 4.69) is 15.0 Å². The number of H-pyrrole nitrogens is 1. The standard InChI is InChI=1S/C7H4ClN3O/c8-5-3-10-4-1-2-9-7(12)6(4)11-5/h1-3H,(H,9,12). The molecule has 2 rings (SSSR count). The molecule has 0 fully saturated rings. The summed E-state index contributed by atoms with van der Waals surface area (Å²) < 4.78 is 0. The molecule has 0 spiro atoms. The molecule has 0 saturated carbocycles. The zero-order chi connectivity index (χ0) is 8.55. The summed E-state index contributed by atoms with van der Waals surface area (Å²) in [6, 6.07) is 1.67. The monoisotopic (exact) mass is 181 g/mol. The van der Waals surface area contributed by atoms with Crippen LogP contribution in [0.3, 0.4) is 0 Å². The van der Waals surface area contributed by atoms with Crippen molar-refractivity contribution in [1.82, 2.24) is 15.0 Å². The highest BCUT2D eigenvalue weighted by molar-refractivity contribution is 6.29. The van der Waals surface area contributed by atoms with Crippen molar-refractivity contribution in [1.29, 1.82) is 0 Å². The summed E-state index contributed by atoms with van der Waals surface area (Å²) in [6.07, 6.45) is 2.93. The molecule has 12 heavy (non-hydrogen) atoms. The third kappa shape index (κ3) is 1.06. The van der Waals surface area contributed by atoms with Gasteiger partial charge in [-0.1, -0.05) is 11.6 Å². The first kappa shape index (κ1) is 7.24. The Morgan fingerprint density at radius 3 is 3.17 bits per heavy atom. The summed E-state index contributed by atoms with van der Waals surface area (Å²) >= 11 is 5.56. The minimum atomic E-state index is -0.275. The molecular weight excluding hydrogens is 178 g/mol. The maximum atomic E-state index is 11.1. The predicted octanol–water partition coefficient (Wildman–Crippen LogP) is 0.972. The fourth-order valence-corrected chi connectivity index (χ4v) is 1.06. The number of aromatic nitrogens is 3. The molecule has 0 saturated heterocycles. The van der Waals surface area contributed by atoms with Gasteiger partial charge in [0.05, 0.1) is 11.7 Å². The van der Waals surface area contributed by atoms with Crippen LogP contribution in [0.2, 0.25) is 5.15 Å². The number of rotatable bonds is 0. The van der Waals surface area contributed by atoms with Gasteiger partial charge in [0.25, 0.3) is 5.56 Å². The second kappa shape index (κ2) is 2.57. The molecule has 2 heterocycles. The second-order valence-electron chi connectivity index (χ2n) is 2.23. The molecule has 0 amide bonds. The Kier molecular flexibility index (Phi) is 1.55. The topological polar surface area (TPSA) is 58.6 Å². The van der Waals surface area contributed by atoms with E-state index in [-0.39, 0.29) is 16.2 Å². The van der Waals surface area contributed by atoms with Crippen molar-refractivity contribution in [2.45, 2.75) is 0 Å². The van der Waals surface area contributed by atoms with Crippen molar-refractivity contribution in [2.24, 2.45) is 0 Å². The fraction of sp³-hybridized carbons (Fsp3) is 0. The number of fused-ring (bicyclic) bond motifs is 1. The average Bonchev–Trinajstić information content (AvgIpc) is 2.07. The van der Waals surface area contributed by atoms with Crippen LogP contribution in [-0.4, -0.2) is 15.0 Å². The van der Waals surface area contributed by atoms with Gasteiger partial charge in [-0.05, 0) is 6.07 Å². The number of pyridine rings is 1. The van der Waals surface area contributed by atoms with Crippen LogP contribution in [0.25, 0.3) is 11.0 Å². The smallest absolute Gasteiger partial charge is 0.276 e. The molecule has 1 N–H and O–H groups in total. The molecular formula is C7H4ClN3O. The number of nitrogens with one attached hydrogen (secondary N) is 1. The summed E-state index contributed by atoms with van der Waals surface area (Å²) in [5.74, 6) is 0. The van der Waals surface area contributed by atoms with E-state index in [1.165, 1.54) is 12.4 Å². The van der Waals surface area contributed by atoms with E-state index in [4.69, 9.17) is 11.6 Å². The Labute approximate surface area is 72.2 Å². The van der Waals surface area contributed by atoms with Gasteiger partial charge in [-0.2, -0.15) is 0 Å². The van der Waals surface area contributed by atoms with Gasteiger partial charge in [0.2, 0.25) is 0 Å². The third-order valence-corrected chi connectivity index (χ3v) is 1.62. The minimum Gasteiger partial charge on any atom is -0.327 e. The van der Waals surface area contributed by atoms with Crippen molar-refractivity contribution in [2.75, 3.05) is 0 Å². The molecule has 0 aliphatic rings. The summed E-state index contributed by atoms with van der Waals surface area (Å²) in [5.41, 5.74) is 0.538. The summed E-state index contributed by atoms with van der Waals surface area (Å²) in [7, 11) is 0. The third-order valence-electron chi connectivity index (χ3n) is 1.44. The SMILES string of the molecule is O=c1[nH]ccc2ncc(Cl)nc12. The van der Waals surface area contributed by atoms with Crippen LogP contribution in [0.5, 0.6) is 0 Å². The van der Waals surface area contributed by atoms with E-state index < -0.39 is 0 Å². The normalized spacial score (nSPS) is 10.4. The lowest BCUT2D eigenvalue weighted by atomic mass is 10.4. The first-order valence-electron chi connectivity index (χ1n) is 3.27. The van der Waals surface area contributed by atoms with E-state index in [0.29, 0.717) is 5.52 Å². The van der Waals surface area contributed by atoms with Crippen LogP contribution in [0.15, 0.2) is 23.3 Å². The van der Waals surface area contributed by atoms with Gasteiger partial charge in [-0.15, -0.1) is 0 Å². The fourth-order valence-electron chi connectivity index (χ4n) is 0.931. The molecule has 4 nitrogen and oxygen atoms in total. The van der Waals surface area contributed by atoms with Crippen molar-refractivity contribution < 1.29 is 0 Å². The van der Waals surface area contributed by atoms with Crippen LogP contribution in [-0.2, 0) is 0 Å². The van der Waals surface area contributed by atoms with Gasteiger partial charge >= 0.3 is 0 Å². The Morgan fingerprint density at radius 1 is 1.50 bits per heavy atom. The second-order valence-corrected chi connectivity index (χ2v) is 2.62. The first-order chi connectivity index (χ1) is 5.77. The van der Waals surface area contributed by atoms with Gasteiger partial charge < -0.3 is 4.98 Å². The minimum absolute atomic E-state index is 0.221. The summed E-state index contributed by atoms with van der Waals surface area (Å²) in [6.45, 7) is 0. The highest BCUT2D eigenvalue weighted by atomic mass is 35.5. The maximum absolute atomic E-state index is 11.1. The average molecular weight is 182 g/mol. The van der Waals surface area contributed by atoms with Crippen molar-refractivity contribution in [3.63, 3.8) is 0 Å². The zero-order valence-electron chi connectivity index (χ0n) is 5.91. The summed E-state index contributed by atoms with van der Waals surface area (Å²) in [4.78, 5) is 21.4. The first-order valence-corrected chi connectivity index (χ1v) is 3.65. The molecule has 0 aliphatic heterocycles. The van der Waals surface area contributed by atoms with Gasteiger partial charge in [0, 0.05) is 6.20 Å². The Hall–Kier alpha value is -1.42. The molecule has 0 aromatic carbocycles. The van der Waals surface area contributed by atoms with Crippen molar-refractivity contribution >= 4 is 22.6 Å². The molecule has 0 unspecified atom stereocenters. The van der Waals surface area contributed by atoms with Gasteiger partial charge in [0.15, 0.2) is 5.52 Å². The number of hydrogen-bond acceptors (Lipinski definition) is 3. The number of nitrogens with zero attached hydrogens (tertiary/aromatic N) is 2. The molecule has 5 heteroatoms. The number of hydrogen-bond donors (Lipinski definition) is 1. The van der Waals surface area contributed by atoms with E-state index >= 15 is 0 Å². The number of aromatic amines is 1. The largest absolute Gasteiger partial charge is 0.327 e. The quantitative estimate of drug-likeness (QED) is 0.659. The Morgan fingerprint density at radius 2 is 2.33 bits per heavy atom. The molecule has 0 bridgehead atoms. The Balaban J connectivity index is 2.98. The van der Waals surface area contributed by atoms with E-state index in [1.807, 2.05) is 0 Å². The highest BCUT2D eigenvalue weighted by Crippen LogP contribution is 2.06. The zero-order valence-corrected chi connectivity index (χ0v) is 6.67. The lowest BCUT2D eigenvalue weighted by Crippen LogP contribution is -2.06. The van der Waals surface area contributed by atoms with Crippen LogP contribution in [0.1, 0.15) is 0 Å². The van der Waals surface area contributed by atoms with E-state index in [1.54, 1.807) is 6.07 Å². The Bertz CT molecular complexity index is 479. The van der Waals surface area contributed by atoms with Gasteiger partial charge in [-0.3, -0.25) is 9.78 Å². The summed E-state index contributed by atoms with van der Waals surface area (Å²) in [5, 5.41) is 0.221. The molecule has 2 aromatic rings. The molecule has 60 valence electrons. The molecule has 0 radical (unpaired) electrons. The highest BCUT2D eigenvalue weighted by Gasteiger charge is 2.00. The van der Waals surface area contributed by atoms with Crippen LogP contribution < -0.4 is 5.56 Å². The maximum Gasteiger partial charge on any atom is 0.276 e. The number of halogens is 1. The van der Waals surface area contributed by atoms with Gasteiger partial charge in [-0.25, -0.2) is 4.98 Å². The van der Waals surface area contributed by atoms with E-state index in [9.17, 15) is 4.79 Å². The lowest BCUT2D eigenvalue weighted by Gasteiger charge is -1.93.